The van der Waals surface area contributed by atoms with Crippen LogP contribution in [0.15, 0.2) is 18.2 Å². The van der Waals surface area contributed by atoms with Crippen LogP contribution in [0.25, 0.3) is 0 Å². The van der Waals surface area contributed by atoms with E-state index in [0.717, 1.165) is 0 Å². The standard InChI is InChI=1S/C28H41N7O8/c1-17(36)20-9-15-43-23-7-5-18(31-28(42)35-13-11-30-12-14-35)16-19(23)25(39)33-22(6-8-24(37)38)27(41)34-21(26(40)32-20)4-2-3-10-29/h5,7,16,20-22,30H,2-4,6,8-15,29H2,1H3,(H,31,42)(H,32,40)(H,33,39)(H,34,41)(H,37,38)/t20-,21-,22-/m0/s1. The number of urea groups is 1. The first-order valence-corrected chi connectivity index (χ1v) is 14.5. The van der Waals surface area contributed by atoms with Crippen LogP contribution in [0, 0.1) is 0 Å². The number of rotatable bonds is 9. The number of anilines is 1. The lowest BCUT2D eigenvalue weighted by atomic mass is 10.0. The summed E-state index contributed by atoms with van der Waals surface area (Å²) in [6.07, 6.45) is 0.718. The number of carboxylic acid groups (broad SMARTS) is 1. The van der Waals surface area contributed by atoms with E-state index in [9.17, 15) is 33.9 Å². The summed E-state index contributed by atoms with van der Waals surface area (Å²) in [7, 11) is 0. The largest absolute Gasteiger partial charge is 0.493 e. The maximum atomic E-state index is 13.5. The highest BCUT2D eigenvalue weighted by molar-refractivity contribution is 6.02. The summed E-state index contributed by atoms with van der Waals surface area (Å²) in [6, 6.07) is 0.822. The molecule has 2 aliphatic heterocycles. The fraction of sp³-hybridized carbons (Fsp3) is 0.571. The highest BCUT2D eigenvalue weighted by Crippen LogP contribution is 2.24. The summed E-state index contributed by atoms with van der Waals surface area (Å²) in [4.78, 5) is 78.1. The van der Waals surface area contributed by atoms with Crippen LogP contribution < -0.4 is 37.1 Å². The van der Waals surface area contributed by atoms with Gasteiger partial charge in [-0.1, -0.05) is 0 Å². The first-order chi connectivity index (χ1) is 20.6. The minimum absolute atomic E-state index is 0.00815. The van der Waals surface area contributed by atoms with Crippen LogP contribution in [0.2, 0.25) is 0 Å². The predicted molar refractivity (Wildman–Crippen MR) is 156 cm³/mol. The van der Waals surface area contributed by atoms with Crippen molar-refractivity contribution in [2.45, 2.75) is 63.6 Å². The molecule has 1 saturated heterocycles. The summed E-state index contributed by atoms with van der Waals surface area (Å²) >= 11 is 0. The third-order valence-corrected chi connectivity index (χ3v) is 7.20. The number of amides is 5. The van der Waals surface area contributed by atoms with E-state index in [1.54, 1.807) is 11.0 Å². The zero-order valence-corrected chi connectivity index (χ0v) is 24.3. The molecule has 0 unspecified atom stereocenters. The number of nitrogens with zero attached hydrogens (tertiary/aromatic N) is 1. The number of fused-ring (bicyclic) bond motifs is 1. The van der Waals surface area contributed by atoms with E-state index >= 15 is 0 Å². The minimum Gasteiger partial charge on any atom is -0.493 e. The Balaban J connectivity index is 1.93. The molecule has 2 heterocycles. The number of unbranched alkanes of at least 4 members (excludes halogenated alkanes) is 1. The Morgan fingerprint density at radius 2 is 1.72 bits per heavy atom. The maximum absolute atomic E-state index is 13.5. The second-order valence-corrected chi connectivity index (χ2v) is 10.5. The predicted octanol–water partition coefficient (Wildman–Crippen LogP) is -0.443. The van der Waals surface area contributed by atoms with Crippen molar-refractivity contribution >= 4 is 41.2 Å². The summed E-state index contributed by atoms with van der Waals surface area (Å²) < 4.78 is 5.86. The Bertz CT molecular complexity index is 1190. The molecule has 1 aromatic rings. The molecular formula is C28H41N7O8. The molecule has 0 radical (unpaired) electrons. The average molecular weight is 604 g/mol. The van der Waals surface area contributed by atoms with Crippen LogP contribution in [0.3, 0.4) is 0 Å². The van der Waals surface area contributed by atoms with E-state index in [0.29, 0.717) is 51.3 Å². The van der Waals surface area contributed by atoms with E-state index in [2.05, 4.69) is 26.6 Å². The smallest absolute Gasteiger partial charge is 0.321 e. The van der Waals surface area contributed by atoms with Gasteiger partial charge in [-0.25, -0.2) is 4.79 Å². The molecule has 1 fully saturated rings. The molecule has 0 bridgehead atoms. The van der Waals surface area contributed by atoms with Crippen molar-refractivity contribution in [1.82, 2.24) is 26.2 Å². The molecule has 0 aliphatic carbocycles. The molecule has 15 heteroatoms. The number of ether oxygens (including phenoxy) is 1. The van der Waals surface area contributed by atoms with Gasteiger partial charge in [-0.3, -0.25) is 24.0 Å². The quantitative estimate of drug-likeness (QED) is 0.180. The molecule has 1 aromatic carbocycles. The normalized spacial score (nSPS) is 21.7. The number of carboxylic acids is 1. The van der Waals surface area contributed by atoms with Gasteiger partial charge in [0.25, 0.3) is 5.91 Å². The van der Waals surface area contributed by atoms with E-state index in [-0.39, 0.29) is 49.0 Å². The molecule has 0 aromatic heterocycles. The van der Waals surface area contributed by atoms with Crippen LogP contribution in [0.4, 0.5) is 10.5 Å². The topological polar surface area (TPSA) is 221 Å². The number of Topliss-reactive ketones (excluding diaryl/α,β-unsaturated/α-hetero) is 1. The van der Waals surface area contributed by atoms with E-state index in [1.165, 1.54) is 19.1 Å². The van der Waals surface area contributed by atoms with Crippen LogP contribution >= 0.6 is 0 Å². The molecule has 0 spiro atoms. The number of carbonyl (C=O) groups excluding carboxylic acids is 5. The van der Waals surface area contributed by atoms with Crippen LogP contribution in [0.1, 0.15) is 55.8 Å². The number of nitrogens with one attached hydrogen (secondary N) is 5. The van der Waals surface area contributed by atoms with Gasteiger partial charge in [0.05, 0.1) is 18.2 Å². The molecule has 236 valence electrons. The van der Waals surface area contributed by atoms with Crippen molar-refractivity contribution in [2.24, 2.45) is 5.73 Å². The number of aliphatic carboxylic acids is 1. The molecule has 8 N–H and O–H groups in total. The molecule has 15 nitrogen and oxygen atoms in total. The third kappa shape index (κ3) is 10.2. The van der Waals surface area contributed by atoms with Crippen molar-refractivity contribution in [2.75, 3.05) is 44.6 Å². The zero-order chi connectivity index (χ0) is 31.4. The molecule has 5 amide bonds. The number of hydrogen-bond donors (Lipinski definition) is 7. The van der Waals surface area contributed by atoms with Crippen molar-refractivity contribution < 1.29 is 38.6 Å². The lowest BCUT2D eigenvalue weighted by Gasteiger charge is -2.28. The Hall–Kier alpha value is -4.24. The molecule has 0 saturated carbocycles. The lowest BCUT2D eigenvalue weighted by Crippen LogP contribution is -2.56. The van der Waals surface area contributed by atoms with E-state index in [1.807, 2.05) is 0 Å². The summed E-state index contributed by atoms with van der Waals surface area (Å²) in [6.45, 7) is 4.01. The van der Waals surface area contributed by atoms with Gasteiger partial charge in [0.2, 0.25) is 11.8 Å². The van der Waals surface area contributed by atoms with Gasteiger partial charge in [-0.15, -0.1) is 0 Å². The second-order valence-electron chi connectivity index (χ2n) is 10.5. The first kappa shape index (κ1) is 33.3. The molecular weight excluding hydrogens is 562 g/mol. The fourth-order valence-electron chi connectivity index (χ4n) is 4.72. The molecule has 43 heavy (non-hydrogen) atoms. The number of carbonyl (C=O) groups is 6. The van der Waals surface area contributed by atoms with E-state index < -0.39 is 48.2 Å². The highest BCUT2D eigenvalue weighted by atomic mass is 16.5. The minimum atomic E-state index is -1.31. The lowest BCUT2D eigenvalue weighted by molar-refractivity contribution is -0.137. The molecule has 3 atom stereocenters. The maximum Gasteiger partial charge on any atom is 0.321 e. The number of hydrogen-bond acceptors (Lipinski definition) is 9. The van der Waals surface area contributed by atoms with Crippen LogP contribution in [0.5, 0.6) is 5.75 Å². The van der Waals surface area contributed by atoms with Gasteiger partial charge in [0.15, 0.2) is 5.78 Å². The van der Waals surface area contributed by atoms with Gasteiger partial charge in [-0.05, 0) is 57.4 Å². The first-order valence-electron chi connectivity index (χ1n) is 14.5. The Labute approximate surface area is 249 Å². The summed E-state index contributed by atoms with van der Waals surface area (Å²) in [5.74, 6) is -3.48. The summed E-state index contributed by atoms with van der Waals surface area (Å²) in [5.41, 5.74) is 5.88. The Kier molecular flexibility index (Phi) is 12.7. The highest BCUT2D eigenvalue weighted by Gasteiger charge is 2.30. The monoisotopic (exact) mass is 603 g/mol. The van der Waals surface area contributed by atoms with Gasteiger partial charge >= 0.3 is 12.0 Å². The van der Waals surface area contributed by atoms with Gasteiger partial charge in [0, 0.05) is 44.7 Å². The molecule has 2 aliphatic rings. The zero-order valence-electron chi connectivity index (χ0n) is 24.3. The number of nitrogens with two attached hydrogens (primary N) is 1. The van der Waals surface area contributed by atoms with Gasteiger partial charge < -0.3 is 47.1 Å². The average Bonchev–Trinajstić information content (AvgIpc) is 2.98. The second kappa shape index (κ2) is 16.4. The van der Waals surface area contributed by atoms with Gasteiger partial charge in [-0.2, -0.15) is 0 Å². The fourth-order valence-corrected chi connectivity index (χ4v) is 4.72. The van der Waals surface area contributed by atoms with Crippen molar-refractivity contribution in [3.05, 3.63) is 23.8 Å². The van der Waals surface area contributed by atoms with Crippen LogP contribution in [-0.2, 0) is 19.2 Å². The van der Waals surface area contributed by atoms with Crippen molar-refractivity contribution in [3.63, 3.8) is 0 Å². The number of ketones is 1. The van der Waals surface area contributed by atoms with Gasteiger partial charge in [0.1, 0.15) is 17.8 Å². The van der Waals surface area contributed by atoms with Crippen molar-refractivity contribution in [3.8, 4) is 5.75 Å². The van der Waals surface area contributed by atoms with E-state index in [4.69, 9.17) is 10.5 Å². The van der Waals surface area contributed by atoms with Crippen LogP contribution in [-0.4, -0.2) is 103 Å². The summed E-state index contributed by atoms with van der Waals surface area (Å²) in [5, 5.41) is 23.1. The number of benzene rings is 1. The van der Waals surface area contributed by atoms with Crippen molar-refractivity contribution in [1.29, 1.82) is 0 Å². The number of piperazine rings is 1. The Morgan fingerprint density at radius 1 is 1.02 bits per heavy atom. The Morgan fingerprint density at radius 3 is 2.40 bits per heavy atom. The molecule has 3 rings (SSSR count). The SMILES string of the molecule is CC(=O)[C@@H]1CCOc2ccc(NC(=O)N3CCNCC3)cc2C(=O)N[C@@H](CCC(=O)O)C(=O)N[C@@H](CCCCN)C(=O)N1. The third-order valence-electron chi connectivity index (χ3n) is 7.20.